The summed E-state index contributed by atoms with van der Waals surface area (Å²) in [6.07, 6.45) is 0. The Hall–Kier alpha value is -4.13. The van der Waals surface area contributed by atoms with E-state index in [4.69, 9.17) is 9.47 Å². The SMILES string of the molecule is COc1cc(NC2=C(c3ccc(C)cc3)C(=O)N(Cc3ccc(F)cc3)C2=O)cc(OC)c1. The highest BCUT2D eigenvalue weighted by molar-refractivity contribution is 6.36. The first-order chi connectivity index (χ1) is 15.9. The second-order valence-corrected chi connectivity index (χ2v) is 7.67. The lowest BCUT2D eigenvalue weighted by molar-refractivity contribution is -0.137. The fourth-order valence-corrected chi connectivity index (χ4v) is 3.62. The highest BCUT2D eigenvalue weighted by Gasteiger charge is 2.39. The fourth-order valence-electron chi connectivity index (χ4n) is 3.62. The zero-order valence-electron chi connectivity index (χ0n) is 18.5. The highest BCUT2D eigenvalue weighted by Crippen LogP contribution is 2.34. The van der Waals surface area contributed by atoms with Crippen LogP contribution in [0.2, 0.25) is 0 Å². The van der Waals surface area contributed by atoms with Crippen LogP contribution >= 0.6 is 0 Å². The number of ether oxygens (including phenoxy) is 2. The molecule has 2 amide bonds. The maximum atomic E-state index is 13.4. The number of carbonyl (C=O) groups is 2. The van der Waals surface area contributed by atoms with Crippen LogP contribution < -0.4 is 14.8 Å². The van der Waals surface area contributed by atoms with E-state index in [1.807, 2.05) is 31.2 Å². The van der Waals surface area contributed by atoms with E-state index in [1.165, 1.54) is 26.4 Å². The zero-order valence-corrected chi connectivity index (χ0v) is 18.5. The Morgan fingerprint density at radius 2 is 1.45 bits per heavy atom. The molecule has 0 aliphatic carbocycles. The maximum Gasteiger partial charge on any atom is 0.278 e. The van der Waals surface area contributed by atoms with E-state index >= 15 is 0 Å². The van der Waals surface area contributed by atoms with Crippen molar-refractivity contribution in [3.05, 3.63) is 94.9 Å². The van der Waals surface area contributed by atoms with Crippen LogP contribution in [0.4, 0.5) is 10.1 Å². The summed E-state index contributed by atoms with van der Waals surface area (Å²) in [6.45, 7) is 1.97. The predicted octanol–water partition coefficient (Wildman–Crippen LogP) is 4.54. The first-order valence-corrected chi connectivity index (χ1v) is 10.3. The molecule has 168 valence electrons. The van der Waals surface area contributed by atoms with Crippen molar-refractivity contribution in [2.45, 2.75) is 13.5 Å². The summed E-state index contributed by atoms with van der Waals surface area (Å²) in [5, 5.41) is 3.11. The third kappa shape index (κ3) is 4.57. The minimum absolute atomic E-state index is 0.0277. The standard InChI is InChI=1S/C26H23FN2O4/c1-16-4-8-18(9-5-16)23-24(28-20-12-21(32-2)14-22(13-20)33-3)26(31)29(25(23)30)15-17-6-10-19(27)11-7-17/h4-14,28H,15H2,1-3H3. The number of halogens is 1. The van der Waals surface area contributed by atoms with E-state index < -0.39 is 11.8 Å². The lowest BCUT2D eigenvalue weighted by atomic mass is 10.0. The molecule has 7 heteroatoms. The van der Waals surface area contributed by atoms with Gasteiger partial charge in [-0.25, -0.2) is 4.39 Å². The smallest absolute Gasteiger partial charge is 0.278 e. The summed E-state index contributed by atoms with van der Waals surface area (Å²) in [7, 11) is 3.06. The van der Waals surface area contributed by atoms with E-state index in [0.29, 0.717) is 28.3 Å². The second-order valence-electron chi connectivity index (χ2n) is 7.67. The molecule has 33 heavy (non-hydrogen) atoms. The molecule has 0 unspecified atom stereocenters. The first kappa shape index (κ1) is 22.1. The Kier molecular flexibility index (Phi) is 6.13. The van der Waals surface area contributed by atoms with Crippen molar-refractivity contribution < 1.29 is 23.5 Å². The van der Waals surface area contributed by atoms with E-state index in [1.54, 1.807) is 30.3 Å². The van der Waals surface area contributed by atoms with Gasteiger partial charge in [-0.1, -0.05) is 42.0 Å². The van der Waals surface area contributed by atoms with Gasteiger partial charge in [0.2, 0.25) is 0 Å². The monoisotopic (exact) mass is 446 g/mol. The number of nitrogens with one attached hydrogen (secondary N) is 1. The minimum atomic E-state index is -0.471. The van der Waals surface area contributed by atoms with Crippen molar-refractivity contribution in [2.24, 2.45) is 0 Å². The van der Waals surface area contributed by atoms with E-state index in [9.17, 15) is 14.0 Å². The molecular formula is C26H23FN2O4. The molecule has 0 spiro atoms. The molecule has 3 aromatic carbocycles. The van der Waals surface area contributed by atoms with Crippen molar-refractivity contribution >= 4 is 23.1 Å². The number of carbonyl (C=O) groups excluding carboxylic acids is 2. The lowest BCUT2D eigenvalue weighted by Gasteiger charge is -2.16. The third-order valence-electron chi connectivity index (χ3n) is 5.38. The van der Waals surface area contributed by atoms with Crippen molar-refractivity contribution in [2.75, 3.05) is 19.5 Å². The number of anilines is 1. The molecule has 1 aliphatic heterocycles. The highest BCUT2D eigenvalue weighted by atomic mass is 19.1. The molecule has 0 radical (unpaired) electrons. The molecule has 1 N–H and O–H groups in total. The summed E-state index contributed by atoms with van der Waals surface area (Å²) in [5.41, 5.74) is 3.26. The maximum absolute atomic E-state index is 13.4. The summed E-state index contributed by atoms with van der Waals surface area (Å²) in [4.78, 5) is 28.0. The van der Waals surface area contributed by atoms with Gasteiger partial charge >= 0.3 is 0 Å². The van der Waals surface area contributed by atoms with Crippen molar-refractivity contribution in [3.8, 4) is 11.5 Å². The number of imide groups is 1. The molecule has 0 aromatic heterocycles. The molecule has 1 heterocycles. The third-order valence-corrected chi connectivity index (χ3v) is 5.38. The van der Waals surface area contributed by atoms with Crippen LogP contribution in [0, 0.1) is 12.7 Å². The molecule has 0 fully saturated rings. The molecule has 6 nitrogen and oxygen atoms in total. The number of methoxy groups -OCH3 is 2. The van der Waals surface area contributed by atoms with Gasteiger partial charge in [-0.15, -0.1) is 0 Å². The fraction of sp³-hybridized carbons (Fsp3) is 0.154. The molecular weight excluding hydrogens is 423 g/mol. The Morgan fingerprint density at radius 1 is 0.848 bits per heavy atom. The van der Waals surface area contributed by atoms with Crippen molar-refractivity contribution in [1.29, 1.82) is 0 Å². The number of nitrogens with zero attached hydrogens (tertiary/aromatic N) is 1. The molecule has 0 bridgehead atoms. The normalized spacial score (nSPS) is 13.5. The first-order valence-electron chi connectivity index (χ1n) is 10.3. The summed E-state index contributed by atoms with van der Waals surface area (Å²) in [6, 6.07) is 18.2. The summed E-state index contributed by atoms with van der Waals surface area (Å²) in [5.74, 6) is -0.207. The van der Waals surface area contributed by atoms with Gasteiger partial charge in [0.05, 0.1) is 26.3 Å². The average molecular weight is 446 g/mol. The van der Waals surface area contributed by atoms with Crippen LogP contribution in [-0.4, -0.2) is 30.9 Å². The predicted molar refractivity (Wildman–Crippen MR) is 123 cm³/mol. The van der Waals surface area contributed by atoms with Crippen molar-refractivity contribution in [1.82, 2.24) is 4.90 Å². The minimum Gasteiger partial charge on any atom is -0.497 e. The van der Waals surface area contributed by atoms with E-state index in [0.717, 1.165) is 10.5 Å². The Labute approximate surface area is 191 Å². The number of hydrogen-bond acceptors (Lipinski definition) is 5. The molecule has 3 aromatic rings. The van der Waals surface area contributed by atoms with E-state index in [-0.39, 0.29) is 23.6 Å². The number of hydrogen-bond donors (Lipinski definition) is 1. The van der Waals surface area contributed by atoms with Gasteiger partial charge in [0.25, 0.3) is 11.8 Å². The van der Waals surface area contributed by atoms with Crippen LogP contribution in [0.3, 0.4) is 0 Å². The molecule has 1 aliphatic rings. The largest absolute Gasteiger partial charge is 0.497 e. The summed E-state index contributed by atoms with van der Waals surface area (Å²) >= 11 is 0. The second kappa shape index (κ2) is 9.16. The Bertz CT molecular complexity index is 1210. The number of amides is 2. The van der Waals surface area contributed by atoms with Crippen LogP contribution in [0.5, 0.6) is 11.5 Å². The van der Waals surface area contributed by atoms with Gasteiger partial charge < -0.3 is 14.8 Å². The number of aryl methyl sites for hydroxylation is 1. The van der Waals surface area contributed by atoms with Crippen LogP contribution in [0.15, 0.2) is 72.4 Å². The van der Waals surface area contributed by atoms with Crippen LogP contribution in [0.1, 0.15) is 16.7 Å². The average Bonchev–Trinajstić information content (AvgIpc) is 3.05. The van der Waals surface area contributed by atoms with E-state index in [2.05, 4.69) is 5.32 Å². The van der Waals surface area contributed by atoms with Gasteiger partial charge in [0.1, 0.15) is 23.0 Å². The van der Waals surface area contributed by atoms with Gasteiger partial charge in [-0.3, -0.25) is 14.5 Å². The van der Waals surface area contributed by atoms with Gasteiger partial charge in [-0.2, -0.15) is 0 Å². The topological polar surface area (TPSA) is 67.9 Å². The van der Waals surface area contributed by atoms with Crippen molar-refractivity contribution in [3.63, 3.8) is 0 Å². The zero-order chi connectivity index (χ0) is 23.5. The van der Waals surface area contributed by atoms with Gasteiger partial charge in [0, 0.05) is 23.9 Å². The lowest BCUT2D eigenvalue weighted by Crippen LogP contribution is -2.32. The molecule has 4 rings (SSSR count). The Balaban J connectivity index is 1.75. The molecule has 0 saturated carbocycles. The van der Waals surface area contributed by atoms with Gasteiger partial charge in [0.15, 0.2) is 0 Å². The molecule has 0 saturated heterocycles. The number of benzene rings is 3. The van der Waals surface area contributed by atoms with Gasteiger partial charge in [-0.05, 0) is 30.2 Å². The van der Waals surface area contributed by atoms with Crippen LogP contribution in [-0.2, 0) is 16.1 Å². The Morgan fingerprint density at radius 3 is 2.03 bits per heavy atom. The number of rotatable bonds is 7. The molecule has 0 atom stereocenters. The van der Waals surface area contributed by atoms with Crippen LogP contribution in [0.25, 0.3) is 5.57 Å². The quantitative estimate of drug-likeness (QED) is 0.540. The summed E-state index contributed by atoms with van der Waals surface area (Å²) < 4.78 is 23.9.